The minimum Gasteiger partial charge on any atom is -0.254 e. The molecule has 4 aromatic rings. The van der Waals surface area contributed by atoms with Gasteiger partial charge in [-0.05, 0) is 58.4 Å². The van der Waals surface area contributed by atoms with Crippen molar-refractivity contribution in [1.82, 2.24) is 45.4 Å². The summed E-state index contributed by atoms with van der Waals surface area (Å²) in [4.78, 5) is 4.07. The summed E-state index contributed by atoms with van der Waals surface area (Å²) < 4.78 is 3.70. The number of benzene rings is 2. The van der Waals surface area contributed by atoms with Crippen LogP contribution >= 0.6 is 0 Å². The van der Waals surface area contributed by atoms with E-state index in [1.54, 1.807) is 17.3 Å². The zero-order valence-corrected chi connectivity index (χ0v) is 19.8. The van der Waals surface area contributed by atoms with Gasteiger partial charge in [0.15, 0.2) is 5.82 Å². The highest BCUT2D eigenvalue weighted by atomic mass is 15.6. The monoisotopic (exact) mass is 469 g/mol. The predicted molar refractivity (Wildman–Crippen MR) is 131 cm³/mol. The maximum atomic E-state index is 4.54. The van der Waals surface area contributed by atoms with Gasteiger partial charge in [0.1, 0.15) is 18.7 Å². The van der Waals surface area contributed by atoms with Gasteiger partial charge in [-0.15, -0.1) is 5.10 Å². The Morgan fingerprint density at radius 2 is 1.77 bits per heavy atom. The molecule has 1 aliphatic carbocycles. The van der Waals surface area contributed by atoms with Gasteiger partial charge >= 0.3 is 0 Å². The molecule has 3 heterocycles. The lowest BCUT2D eigenvalue weighted by Gasteiger charge is -2.34. The molecule has 35 heavy (non-hydrogen) atoms. The summed E-state index contributed by atoms with van der Waals surface area (Å²) in [7, 11) is 0. The van der Waals surface area contributed by atoms with Gasteiger partial charge in [0.05, 0.1) is 12.2 Å². The van der Waals surface area contributed by atoms with Crippen molar-refractivity contribution < 1.29 is 0 Å². The van der Waals surface area contributed by atoms with Crippen LogP contribution in [-0.4, -0.2) is 53.1 Å². The third-order valence-electron chi connectivity index (χ3n) is 7.53. The van der Waals surface area contributed by atoms with E-state index in [1.165, 1.54) is 37.7 Å². The molecule has 9 heteroatoms. The van der Waals surface area contributed by atoms with Crippen LogP contribution in [-0.2, 0) is 6.54 Å². The summed E-state index contributed by atoms with van der Waals surface area (Å²) >= 11 is 0. The normalized spacial score (nSPS) is 20.3. The van der Waals surface area contributed by atoms with Gasteiger partial charge in [0.2, 0.25) is 0 Å². The van der Waals surface area contributed by atoms with Crippen molar-refractivity contribution in [2.45, 2.75) is 44.7 Å². The van der Waals surface area contributed by atoms with Gasteiger partial charge in [0.25, 0.3) is 0 Å². The second-order valence-corrected chi connectivity index (χ2v) is 9.66. The SMILES string of the molecule is c1ccc(Cn2nnnc2C(c2ccc(-n3cncn3)cc2)N2CCC[C@@H](C3CCC3)CN2)cc1. The Morgan fingerprint density at radius 3 is 2.51 bits per heavy atom. The number of hydrazine groups is 1. The number of rotatable bonds is 7. The fourth-order valence-corrected chi connectivity index (χ4v) is 5.37. The van der Waals surface area contributed by atoms with E-state index in [0.29, 0.717) is 6.54 Å². The van der Waals surface area contributed by atoms with E-state index in [2.05, 4.69) is 84.6 Å². The Morgan fingerprint density at radius 1 is 0.943 bits per heavy atom. The molecule has 1 unspecified atom stereocenters. The number of tetrazole rings is 1. The van der Waals surface area contributed by atoms with Crippen LogP contribution in [0.3, 0.4) is 0 Å². The fourth-order valence-electron chi connectivity index (χ4n) is 5.37. The number of hydrogen-bond donors (Lipinski definition) is 1. The summed E-state index contributed by atoms with van der Waals surface area (Å²) in [6.07, 6.45) is 9.87. The average molecular weight is 470 g/mol. The molecule has 0 spiro atoms. The molecule has 2 aliphatic rings. The van der Waals surface area contributed by atoms with Gasteiger partial charge in [-0.2, -0.15) is 5.10 Å². The topological polar surface area (TPSA) is 89.6 Å². The van der Waals surface area contributed by atoms with Crippen LogP contribution in [0.15, 0.2) is 67.3 Å². The molecule has 180 valence electrons. The molecule has 1 N–H and O–H groups in total. The summed E-state index contributed by atoms with van der Waals surface area (Å²) in [5, 5.41) is 19.6. The molecular formula is C26H31N9. The van der Waals surface area contributed by atoms with E-state index >= 15 is 0 Å². The van der Waals surface area contributed by atoms with Crippen molar-refractivity contribution in [3.8, 4) is 5.69 Å². The molecule has 6 rings (SSSR count). The number of hydrogen-bond acceptors (Lipinski definition) is 7. The molecule has 0 bridgehead atoms. The minimum atomic E-state index is -0.0985. The van der Waals surface area contributed by atoms with E-state index < -0.39 is 0 Å². The number of nitrogens with one attached hydrogen (secondary N) is 1. The molecule has 2 aromatic heterocycles. The summed E-state index contributed by atoms with van der Waals surface area (Å²) in [5.74, 6) is 2.48. The molecular weight excluding hydrogens is 438 g/mol. The van der Waals surface area contributed by atoms with Crippen LogP contribution in [0.5, 0.6) is 0 Å². The lowest BCUT2D eigenvalue weighted by atomic mass is 9.74. The largest absolute Gasteiger partial charge is 0.254 e. The first-order valence-corrected chi connectivity index (χ1v) is 12.6. The first-order valence-electron chi connectivity index (χ1n) is 12.6. The van der Waals surface area contributed by atoms with Crippen LogP contribution in [0.2, 0.25) is 0 Å². The Balaban J connectivity index is 1.32. The van der Waals surface area contributed by atoms with Crippen LogP contribution < -0.4 is 5.43 Å². The zero-order chi connectivity index (χ0) is 23.5. The van der Waals surface area contributed by atoms with Crippen molar-refractivity contribution in [1.29, 1.82) is 0 Å². The molecule has 1 saturated carbocycles. The van der Waals surface area contributed by atoms with Gasteiger partial charge in [-0.25, -0.2) is 19.4 Å². The third-order valence-corrected chi connectivity index (χ3v) is 7.53. The van der Waals surface area contributed by atoms with Crippen molar-refractivity contribution in [2.75, 3.05) is 13.1 Å². The molecule has 1 aliphatic heterocycles. The van der Waals surface area contributed by atoms with Crippen molar-refractivity contribution in [3.63, 3.8) is 0 Å². The maximum Gasteiger partial charge on any atom is 0.174 e. The maximum absolute atomic E-state index is 4.54. The molecule has 0 radical (unpaired) electrons. The fraction of sp³-hybridized carbons (Fsp3) is 0.423. The molecule has 2 atom stereocenters. The minimum absolute atomic E-state index is 0.0985. The zero-order valence-electron chi connectivity index (χ0n) is 19.8. The van der Waals surface area contributed by atoms with Gasteiger partial charge in [-0.1, -0.05) is 61.7 Å². The summed E-state index contributed by atoms with van der Waals surface area (Å²) in [5.41, 5.74) is 7.09. The summed E-state index contributed by atoms with van der Waals surface area (Å²) in [6.45, 7) is 2.60. The molecule has 0 amide bonds. The second kappa shape index (κ2) is 10.1. The highest BCUT2D eigenvalue weighted by Gasteiger charge is 2.33. The van der Waals surface area contributed by atoms with Crippen molar-refractivity contribution in [3.05, 3.63) is 84.2 Å². The molecule has 1 saturated heterocycles. The van der Waals surface area contributed by atoms with Crippen LogP contribution in [0.1, 0.15) is 55.1 Å². The average Bonchev–Trinajstić information content (AvgIpc) is 3.50. The van der Waals surface area contributed by atoms with Gasteiger partial charge in [-0.3, -0.25) is 5.43 Å². The highest BCUT2D eigenvalue weighted by Crippen LogP contribution is 2.37. The smallest absolute Gasteiger partial charge is 0.174 e. The van der Waals surface area contributed by atoms with Crippen LogP contribution in [0.4, 0.5) is 0 Å². The second-order valence-electron chi connectivity index (χ2n) is 9.66. The van der Waals surface area contributed by atoms with Gasteiger partial charge in [0, 0.05) is 13.1 Å². The Hall–Kier alpha value is -3.43. The van der Waals surface area contributed by atoms with E-state index in [0.717, 1.165) is 42.0 Å². The first-order chi connectivity index (χ1) is 17.3. The lowest BCUT2D eigenvalue weighted by Crippen LogP contribution is -2.44. The standard InChI is InChI=1S/C26H31N9/c1-2-6-20(7-3-1)17-34-26(30-31-32-34)25(22-11-13-24(14-12-22)35-19-27-18-29-35)33-15-5-10-23(16-28-33)21-8-4-9-21/h1-3,6-7,11-14,18-19,21,23,25,28H,4-5,8-10,15-17H2/t23-,25?/m1/s1. The van der Waals surface area contributed by atoms with Crippen molar-refractivity contribution in [2.24, 2.45) is 11.8 Å². The van der Waals surface area contributed by atoms with Crippen LogP contribution in [0.25, 0.3) is 5.69 Å². The lowest BCUT2D eigenvalue weighted by molar-refractivity contribution is 0.130. The highest BCUT2D eigenvalue weighted by molar-refractivity contribution is 5.36. The predicted octanol–water partition coefficient (Wildman–Crippen LogP) is 3.41. The Labute approximate surface area is 205 Å². The van der Waals surface area contributed by atoms with Crippen LogP contribution in [0, 0.1) is 11.8 Å². The summed E-state index contributed by atoms with van der Waals surface area (Å²) in [6, 6.07) is 18.7. The number of aromatic nitrogens is 7. The van der Waals surface area contributed by atoms with Gasteiger partial charge < -0.3 is 0 Å². The third kappa shape index (κ3) is 4.74. The van der Waals surface area contributed by atoms with E-state index in [-0.39, 0.29) is 6.04 Å². The molecule has 2 fully saturated rings. The van der Waals surface area contributed by atoms with Crippen molar-refractivity contribution >= 4 is 0 Å². The Bertz CT molecular complexity index is 1200. The van der Waals surface area contributed by atoms with E-state index in [9.17, 15) is 0 Å². The quantitative estimate of drug-likeness (QED) is 0.444. The molecule has 9 nitrogen and oxygen atoms in total. The molecule has 2 aromatic carbocycles. The van der Waals surface area contributed by atoms with E-state index in [4.69, 9.17) is 0 Å². The van der Waals surface area contributed by atoms with E-state index in [1.807, 2.05) is 10.7 Å². The Kier molecular flexibility index (Phi) is 6.34. The first kappa shape index (κ1) is 22.1. The number of nitrogens with zero attached hydrogens (tertiary/aromatic N) is 8.